The number of phenolic OH excluding ortho intramolecular Hbond substituents is 1. The number of rotatable bonds is 2. The average molecular weight is 335 g/mol. The number of pyridine rings is 1. The number of phenols is 1. The summed E-state index contributed by atoms with van der Waals surface area (Å²) in [5.41, 5.74) is 3.88. The Labute approximate surface area is 141 Å². The molecular formula is C18H13N3O4. The lowest BCUT2D eigenvalue weighted by Crippen LogP contribution is -2.03. The van der Waals surface area contributed by atoms with Crippen molar-refractivity contribution in [2.75, 3.05) is 7.11 Å². The van der Waals surface area contributed by atoms with Crippen molar-refractivity contribution in [3.8, 4) is 16.9 Å². The monoisotopic (exact) mass is 335 g/mol. The third kappa shape index (κ3) is 2.37. The topological polar surface area (TPSA) is 98.3 Å². The molecule has 2 heterocycles. The van der Waals surface area contributed by atoms with Crippen molar-refractivity contribution in [3.05, 3.63) is 47.7 Å². The summed E-state index contributed by atoms with van der Waals surface area (Å²) >= 11 is 0. The maximum atomic E-state index is 12.1. The third-order valence-electron chi connectivity index (χ3n) is 4.06. The van der Waals surface area contributed by atoms with E-state index in [0.717, 1.165) is 16.8 Å². The second-order valence-electron chi connectivity index (χ2n) is 5.63. The number of aromatic hydroxyl groups is 1. The first-order valence-electron chi connectivity index (χ1n) is 7.53. The Bertz CT molecular complexity index is 1130. The molecule has 0 aliphatic heterocycles. The van der Waals surface area contributed by atoms with Crippen LogP contribution in [0.15, 0.2) is 41.0 Å². The van der Waals surface area contributed by atoms with Crippen LogP contribution in [0.2, 0.25) is 0 Å². The Morgan fingerprint density at radius 1 is 1.12 bits per heavy atom. The van der Waals surface area contributed by atoms with Crippen LogP contribution >= 0.6 is 0 Å². The van der Waals surface area contributed by atoms with Crippen LogP contribution in [-0.4, -0.2) is 33.5 Å². The summed E-state index contributed by atoms with van der Waals surface area (Å²) < 4.78 is 9.51. The molecule has 0 aliphatic carbocycles. The predicted octanol–water partition coefficient (Wildman–Crippen LogP) is 3.24. The summed E-state index contributed by atoms with van der Waals surface area (Å²) in [6.45, 7) is 1.82. The average Bonchev–Trinajstić information content (AvgIpc) is 3.09. The summed E-state index contributed by atoms with van der Waals surface area (Å²) in [7, 11) is 1.27. The molecule has 124 valence electrons. The Kier molecular flexibility index (Phi) is 3.35. The minimum atomic E-state index is -0.631. The third-order valence-corrected chi connectivity index (χ3v) is 4.06. The molecule has 0 radical (unpaired) electrons. The highest BCUT2D eigenvalue weighted by atomic mass is 16.6. The van der Waals surface area contributed by atoms with E-state index < -0.39 is 5.97 Å². The summed E-state index contributed by atoms with van der Waals surface area (Å²) in [4.78, 5) is 16.5. The summed E-state index contributed by atoms with van der Waals surface area (Å²) in [6, 6.07) is 10.7. The normalized spacial score (nSPS) is 11.1. The van der Waals surface area contributed by atoms with Crippen LogP contribution in [-0.2, 0) is 4.74 Å². The number of hydrogen-bond donors (Lipinski definition) is 1. The number of aryl methyl sites for hydroxylation is 1. The number of hydrogen-bond acceptors (Lipinski definition) is 7. The standard InChI is InChI=1S/C18H13N3O4/c1-9-3-5-11-12(10-4-6-14-15(7-10)21-25-20-14)8-13(18(23)24-2)17(22)16(11)19-9/h3-8,22H,1-2H3. The Hall–Kier alpha value is -3.48. The maximum absolute atomic E-state index is 12.1. The number of esters is 1. The van der Waals surface area contributed by atoms with Crippen LogP contribution in [0.5, 0.6) is 5.75 Å². The van der Waals surface area contributed by atoms with Gasteiger partial charge >= 0.3 is 5.97 Å². The molecule has 0 spiro atoms. The van der Waals surface area contributed by atoms with Gasteiger partial charge in [0.25, 0.3) is 0 Å². The van der Waals surface area contributed by atoms with Gasteiger partial charge in [-0.1, -0.05) is 12.1 Å². The smallest absolute Gasteiger partial charge is 0.341 e. The van der Waals surface area contributed by atoms with Crippen LogP contribution in [0.1, 0.15) is 16.1 Å². The van der Waals surface area contributed by atoms with Crippen molar-refractivity contribution < 1.29 is 19.3 Å². The second-order valence-corrected chi connectivity index (χ2v) is 5.63. The van der Waals surface area contributed by atoms with Gasteiger partial charge in [0.2, 0.25) is 0 Å². The highest BCUT2D eigenvalue weighted by Crippen LogP contribution is 2.37. The van der Waals surface area contributed by atoms with E-state index in [-0.39, 0.29) is 11.3 Å². The quantitative estimate of drug-likeness (QED) is 0.561. The lowest BCUT2D eigenvalue weighted by Gasteiger charge is -2.12. The van der Waals surface area contributed by atoms with E-state index in [9.17, 15) is 9.90 Å². The molecule has 2 aromatic heterocycles. The fourth-order valence-corrected chi connectivity index (χ4v) is 2.83. The van der Waals surface area contributed by atoms with E-state index in [2.05, 4.69) is 15.3 Å². The Balaban J connectivity index is 2.07. The van der Waals surface area contributed by atoms with Gasteiger partial charge in [0, 0.05) is 11.1 Å². The number of ether oxygens (including phenoxy) is 1. The second kappa shape index (κ2) is 5.55. The zero-order valence-electron chi connectivity index (χ0n) is 13.5. The van der Waals surface area contributed by atoms with Crippen molar-refractivity contribution in [1.29, 1.82) is 0 Å². The molecule has 0 saturated carbocycles. The van der Waals surface area contributed by atoms with Gasteiger partial charge in [-0.15, -0.1) is 0 Å². The SMILES string of the molecule is COC(=O)c1cc(-c2ccc3nonc3c2)c2ccc(C)nc2c1O. The van der Waals surface area contributed by atoms with E-state index in [1.807, 2.05) is 25.1 Å². The van der Waals surface area contributed by atoms with E-state index in [0.29, 0.717) is 21.9 Å². The number of benzene rings is 2. The molecule has 0 aliphatic rings. The molecule has 0 bridgehead atoms. The van der Waals surface area contributed by atoms with Crippen molar-refractivity contribution in [3.63, 3.8) is 0 Å². The molecule has 0 atom stereocenters. The van der Waals surface area contributed by atoms with Crippen LogP contribution in [0, 0.1) is 6.92 Å². The summed E-state index contributed by atoms with van der Waals surface area (Å²) in [5.74, 6) is -0.827. The predicted molar refractivity (Wildman–Crippen MR) is 90.3 cm³/mol. The van der Waals surface area contributed by atoms with Crippen LogP contribution in [0.4, 0.5) is 0 Å². The molecule has 7 heteroatoms. The number of fused-ring (bicyclic) bond motifs is 2. The van der Waals surface area contributed by atoms with Gasteiger partial charge in [-0.2, -0.15) is 0 Å². The van der Waals surface area contributed by atoms with Gasteiger partial charge in [0.05, 0.1) is 7.11 Å². The highest BCUT2D eigenvalue weighted by Gasteiger charge is 2.20. The van der Waals surface area contributed by atoms with Crippen molar-refractivity contribution in [2.45, 2.75) is 6.92 Å². The fourth-order valence-electron chi connectivity index (χ4n) is 2.83. The number of methoxy groups -OCH3 is 1. The minimum absolute atomic E-state index is 0.0569. The zero-order chi connectivity index (χ0) is 17.6. The first-order chi connectivity index (χ1) is 12.1. The van der Waals surface area contributed by atoms with E-state index in [1.54, 1.807) is 18.2 Å². The molecule has 25 heavy (non-hydrogen) atoms. The van der Waals surface area contributed by atoms with Gasteiger partial charge in [-0.25, -0.2) is 14.4 Å². The molecule has 0 unspecified atom stereocenters. The maximum Gasteiger partial charge on any atom is 0.341 e. The molecule has 2 aromatic carbocycles. The molecule has 7 nitrogen and oxygen atoms in total. The number of nitrogens with zero attached hydrogens (tertiary/aromatic N) is 3. The lowest BCUT2D eigenvalue weighted by molar-refractivity contribution is 0.0598. The largest absolute Gasteiger partial charge is 0.505 e. The molecule has 0 saturated heterocycles. The van der Waals surface area contributed by atoms with Gasteiger partial charge in [-0.3, -0.25) is 0 Å². The first-order valence-corrected chi connectivity index (χ1v) is 7.53. The minimum Gasteiger partial charge on any atom is -0.505 e. The summed E-state index contributed by atoms with van der Waals surface area (Å²) in [5, 5.41) is 18.8. The number of carbonyl (C=O) groups is 1. The molecular weight excluding hydrogens is 322 g/mol. The van der Waals surface area contributed by atoms with E-state index in [1.165, 1.54) is 7.11 Å². The molecule has 0 fully saturated rings. The van der Waals surface area contributed by atoms with Crippen LogP contribution in [0.25, 0.3) is 33.1 Å². The molecule has 4 aromatic rings. The Morgan fingerprint density at radius 2 is 1.92 bits per heavy atom. The van der Waals surface area contributed by atoms with Gasteiger partial charge in [0.1, 0.15) is 22.1 Å². The lowest BCUT2D eigenvalue weighted by atomic mass is 9.96. The van der Waals surface area contributed by atoms with E-state index in [4.69, 9.17) is 9.37 Å². The van der Waals surface area contributed by atoms with Crippen molar-refractivity contribution in [2.24, 2.45) is 0 Å². The highest BCUT2D eigenvalue weighted by molar-refractivity contribution is 6.06. The van der Waals surface area contributed by atoms with Crippen molar-refractivity contribution >= 4 is 27.9 Å². The van der Waals surface area contributed by atoms with Gasteiger partial charge in [-0.05, 0) is 52.6 Å². The Morgan fingerprint density at radius 3 is 2.72 bits per heavy atom. The van der Waals surface area contributed by atoms with Crippen LogP contribution in [0.3, 0.4) is 0 Å². The van der Waals surface area contributed by atoms with Crippen molar-refractivity contribution in [1.82, 2.24) is 15.3 Å². The number of carbonyl (C=O) groups excluding carboxylic acids is 1. The first kappa shape index (κ1) is 15.1. The van der Waals surface area contributed by atoms with Gasteiger partial charge < -0.3 is 9.84 Å². The molecule has 1 N–H and O–H groups in total. The fraction of sp³-hybridized carbons (Fsp3) is 0.111. The number of aromatic nitrogens is 3. The van der Waals surface area contributed by atoms with E-state index >= 15 is 0 Å². The van der Waals surface area contributed by atoms with Gasteiger partial charge in [0.15, 0.2) is 5.75 Å². The molecule has 4 rings (SSSR count). The van der Waals surface area contributed by atoms with Crippen LogP contribution < -0.4 is 0 Å². The zero-order valence-corrected chi connectivity index (χ0v) is 13.5. The molecule has 0 amide bonds. The summed E-state index contributed by atoms with van der Waals surface area (Å²) in [6.07, 6.45) is 0.